The zero-order valence-electron chi connectivity index (χ0n) is 16.5. The van der Waals surface area contributed by atoms with Gasteiger partial charge in [0, 0.05) is 13.1 Å². The highest BCUT2D eigenvalue weighted by molar-refractivity contribution is 7.89. The molecule has 0 aliphatic rings. The lowest BCUT2D eigenvalue weighted by Gasteiger charge is -2.13. The number of rotatable bonds is 10. The molecule has 0 aromatic heterocycles. The van der Waals surface area contributed by atoms with Gasteiger partial charge in [0.2, 0.25) is 20.0 Å². The van der Waals surface area contributed by atoms with Crippen molar-refractivity contribution in [2.24, 2.45) is 5.92 Å². The Labute approximate surface area is 168 Å². The van der Waals surface area contributed by atoms with Gasteiger partial charge in [-0.15, -0.1) is 0 Å². The fraction of sp³-hybridized carbons (Fsp3) is 0.400. The molecule has 2 aromatic carbocycles. The van der Waals surface area contributed by atoms with Crippen LogP contribution in [0.2, 0.25) is 0 Å². The second-order valence-corrected chi connectivity index (χ2v) is 10.7. The molecule has 2 rings (SSSR count). The van der Waals surface area contributed by atoms with Crippen LogP contribution in [0, 0.1) is 19.8 Å². The van der Waals surface area contributed by atoms with Gasteiger partial charge < -0.3 is 0 Å². The zero-order chi connectivity index (χ0) is 20.8. The van der Waals surface area contributed by atoms with E-state index in [1.165, 1.54) is 0 Å². The van der Waals surface area contributed by atoms with Crippen LogP contribution in [-0.2, 0) is 20.0 Å². The van der Waals surface area contributed by atoms with E-state index in [4.69, 9.17) is 0 Å². The molecule has 6 nitrogen and oxygen atoms in total. The first-order chi connectivity index (χ1) is 13.1. The molecule has 1 atom stereocenters. The molecule has 0 radical (unpaired) electrons. The summed E-state index contributed by atoms with van der Waals surface area (Å²) in [5, 5.41) is 0. The highest BCUT2D eigenvalue weighted by atomic mass is 32.2. The Morgan fingerprint density at radius 3 is 1.64 bits per heavy atom. The van der Waals surface area contributed by atoms with E-state index in [1.54, 1.807) is 48.5 Å². The van der Waals surface area contributed by atoms with Gasteiger partial charge >= 0.3 is 0 Å². The summed E-state index contributed by atoms with van der Waals surface area (Å²) in [6, 6.07) is 13.4. The van der Waals surface area contributed by atoms with E-state index >= 15 is 0 Å². The molecule has 8 heteroatoms. The van der Waals surface area contributed by atoms with E-state index < -0.39 is 20.0 Å². The Hall–Kier alpha value is -1.74. The number of hydrogen-bond acceptors (Lipinski definition) is 4. The second-order valence-electron chi connectivity index (χ2n) is 7.12. The molecule has 0 saturated carbocycles. The van der Waals surface area contributed by atoms with Crippen LogP contribution < -0.4 is 9.44 Å². The van der Waals surface area contributed by atoms with Crippen LogP contribution in [0.5, 0.6) is 0 Å². The summed E-state index contributed by atoms with van der Waals surface area (Å²) in [6.45, 7) is 6.36. The van der Waals surface area contributed by atoms with Crippen molar-refractivity contribution in [3.05, 3.63) is 59.7 Å². The Bertz CT molecular complexity index is 968. The van der Waals surface area contributed by atoms with Crippen molar-refractivity contribution < 1.29 is 16.8 Å². The van der Waals surface area contributed by atoms with Crippen molar-refractivity contribution in [2.75, 3.05) is 13.1 Å². The Kier molecular flexibility index (Phi) is 7.77. The number of sulfonamides is 2. The Balaban J connectivity index is 1.76. The third kappa shape index (κ3) is 6.70. The third-order valence-corrected chi connectivity index (χ3v) is 7.37. The molecule has 0 heterocycles. The van der Waals surface area contributed by atoms with Crippen LogP contribution in [0.3, 0.4) is 0 Å². The van der Waals surface area contributed by atoms with E-state index in [1.807, 2.05) is 20.8 Å². The second kappa shape index (κ2) is 9.65. The molecule has 0 bridgehead atoms. The fourth-order valence-electron chi connectivity index (χ4n) is 2.61. The summed E-state index contributed by atoms with van der Waals surface area (Å²) in [5.74, 6) is 0.0871. The van der Waals surface area contributed by atoms with Crippen LogP contribution in [-0.4, -0.2) is 29.9 Å². The minimum atomic E-state index is -3.53. The van der Waals surface area contributed by atoms with Gasteiger partial charge in [-0.2, -0.15) is 0 Å². The summed E-state index contributed by atoms with van der Waals surface area (Å²) >= 11 is 0. The molecule has 154 valence electrons. The topological polar surface area (TPSA) is 92.3 Å². The number of hydrogen-bond donors (Lipinski definition) is 2. The molecule has 0 saturated heterocycles. The van der Waals surface area contributed by atoms with Crippen molar-refractivity contribution in [3.8, 4) is 0 Å². The maximum atomic E-state index is 12.3. The van der Waals surface area contributed by atoms with Gasteiger partial charge in [0.25, 0.3) is 0 Å². The van der Waals surface area contributed by atoms with Gasteiger partial charge in [-0.25, -0.2) is 26.3 Å². The quantitative estimate of drug-likeness (QED) is 0.574. The number of benzene rings is 2. The summed E-state index contributed by atoms with van der Waals surface area (Å²) in [6.07, 6.45) is 1.32. The minimum Gasteiger partial charge on any atom is -0.211 e. The average Bonchev–Trinajstić information content (AvgIpc) is 2.64. The molecule has 0 aliphatic carbocycles. The monoisotopic (exact) mass is 424 g/mol. The van der Waals surface area contributed by atoms with Crippen molar-refractivity contribution in [2.45, 2.75) is 43.4 Å². The highest BCUT2D eigenvalue weighted by Crippen LogP contribution is 2.12. The fourth-order valence-corrected chi connectivity index (χ4v) is 4.85. The van der Waals surface area contributed by atoms with Crippen LogP contribution in [0.1, 0.15) is 30.9 Å². The highest BCUT2D eigenvalue weighted by Gasteiger charge is 2.16. The van der Waals surface area contributed by atoms with Crippen LogP contribution in [0.4, 0.5) is 0 Å². The number of aryl methyl sites for hydroxylation is 2. The lowest BCUT2D eigenvalue weighted by molar-refractivity contribution is 0.491. The van der Waals surface area contributed by atoms with Crippen LogP contribution in [0.15, 0.2) is 58.3 Å². The van der Waals surface area contributed by atoms with E-state index in [0.717, 1.165) is 11.1 Å². The predicted octanol–water partition coefficient (Wildman–Crippen LogP) is 2.98. The van der Waals surface area contributed by atoms with E-state index in [9.17, 15) is 16.8 Å². The van der Waals surface area contributed by atoms with Crippen molar-refractivity contribution in [3.63, 3.8) is 0 Å². The largest absolute Gasteiger partial charge is 0.240 e. The molecule has 28 heavy (non-hydrogen) atoms. The van der Waals surface area contributed by atoms with E-state index in [0.29, 0.717) is 25.9 Å². The molecule has 2 N–H and O–H groups in total. The SMILES string of the molecule is Cc1ccc(S(=O)(=O)NCCCC(C)CNS(=O)(=O)c2ccc(C)cc2)cc1. The summed E-state index contributed by atoms with van der Waals surface area (Å²) in [5.41, 5.74) is 2.00. The summed E-state index contributed by atoms with van der Waals surface area (Å²) in [4.78, 5) is 0.494. The van der Waals surface area contributed by atoms with Gasteiger partial charge in [0.05, 0.1) is 9.79 Å². The molecular formula is C20H28N2O4S2. The van der Waals surface area contributed by atoms with Crippen LogP contribution in [0.25, 0.3) is 0 Å². The van der Waals surface area contributed by atoms with Crippen molar-refractivity contribution in [1.82, 2.24) is 9.44 Å². The van der Waals surface area contributed by atoms with Gasteiger partial charge in [-0.1, -0.05) is 42.3 Å². The van der Waals surface area contributed by atoms with Gasteiger partial charge in [0.1, 0.15) is 0 Å². The van der Waals surface area contributed by atoms with E-state index in [2.05, 4.69) is 9.44 Å². The Morgan fingerprint density at radius 2 is 1.18 bits per heavy atom. The predicted molar refractivity (Wildman–Crippen MR) is 111 cm³/mol. The molecule has 0 amide bonds. The molecular weight excluding hydrogens is 396 g/mol. The van der Waals surface area contributed by atoms with Gasteiger partial charge in [-0.3, -0.25) is 0 Å². The standard InChI is InChI=1S/C20H28N2O4S2/c1-16-6-10-19(11-7-16)27(23,24)21-14-4-5-18(3)15-22-28(25,26)20-12-8-17(2)9-13-20/h6-13,18,21-22H,4-5,14-15H2,1-3H3. The van der Waals surface area contributed by atoms with Crippen LogP contribution >= 0.6 is 0 Å². The maximum Gasteiger partial charge on any atom is 0.240 e. The summed E-state index contributed by atoms with van der Waals surface area (Å²) < 4.78 is 54.2. The average molecular weight is 425 g/mol. The number of nitrogens with one attached hydrogen (secondary N) is 2. The molecule has 0 aliphatic heterocycles. The smallest absolute Gasteiger partial charge is 0.211 e. The lowest BCUT2D eigenvalue weighted by Crippen LogP contribution is -2.29. The normalized spacial score (nSPS) is 13.4. The first-order valence-corrected chi connectivity index (χ1v) is 12.2. The molecule has 2 aromatic rings. The first-order valence-electron chi connectivity index (χ1n) is 9.23. The summed E-state index contributed by atoms with van der Waals surface area (Å²) in [7, 11) is -7.04. The van der Waals surface area contributed by atoms with Crippen molar-refractivity contribution in [1.29, 1.82) is 0 Å². The van der Waals surface area contributed by atoms with Gasteiger partial charge in [0.15, 0.2) is 0 Å². The maximum absolute atomic E-state index is 12.3. The molecule has 1 unspecified atom stereocenters. The lowest BCUT2D eigenvalue weighted by atomic mass is 10.1. The van der Waals surface area contributed by atoms with Crippen molar-refractivity contribution >= 4 is 20.0 Å². The molecule has 0 fully saturated rings. The minimum absolute atomic E-state index is 0.0871. The third-order valence-electron chi connectivity index (χ3n) is 4.45. The van der Waals surface area contributed by atoms with E-state index in [-0.39, 0.29) is 15.7 Å². The zero-order valence-corrected chi connectivity index (χ0v) is 18.1. The molecule has 0 spiro atoms. The first kappa shape index (κ1) is 22.5. The Morgan fingerprint density at radius 1 is 0.750 bits per heavy atom. The van der Waals surface area contributed by atoms with Gasteiger partial charge in [-0.05, 0) is 56.9 Å².